The van der Waals surface area contributed by atoms with Crippen LogP contribution in [-0.2, 0) is 9.59 Å². The number of hydrogen-bond donors (Lipinski definition) is 1. The van der Waals surface area contributed by atoms with Crippen LogP contribution in [0.15, 0.2) is 12.2 Å². The third-order valence-corrected chi connectivity index (χ3v) is 1.54. The summed E-state index contributed by atoms with van der Waals surface area (Å²) in [6.07, 6.45) is 4.41. The van der Waals surface area contributed by atoms with Gasteiger partial charge in [-0.3, -0.25) is 9.59 Å². The predicted octanol–water partition coefficient (Wildman–Crippen LogP) is -1.54. The monoisotopic (exact) mass is 226 g/mol. The van der Waals surface area contributed by atoms with Crippen molar-refractivity contribution in [1.29, 1.82) is 0 Å². The Morgan fingerprint density at radius 2 is 1.93 bits per heavy atom. The third-order valence-electron chi connectivity index (χ3n) is 1.54. The van der Waals surface area contributed by atoms with Gasteiger partial charge in [0.2, 0.25) is 0 Å². The topological polar surface area (TPSA) is 84.4 Å². The van der Waals surface area contributed by atoms with Gasteiger partial charge in [0.15, 0.2) is 5.78 Å². The van der Waals surface area contributed by atoms with Crippen molar-refractivity contribution in [2.75, 3.05) is 0 Å². The molecular formula is C9H15KO4. The van der Waals surface area contributed by atoms with Gasteiger partial charge in [0.1, 0.15) is 0 Å². The summed E-state index contributed by atoms with van der Waals surface area (Å²) < 4.78 is 0. The normalized spacial score (nSPS) is 11.3. The maximum atomic E-state index is 10.4. The molecule has 0 radical (unpaired) electrons. The molecule has 0 heterocycles. The zero-order chi connectivity index (χ0) is 9.56. The van der Waals surface area contributed by atoms with Crippen LogP contribution in [0.4, 0.5) is 0 Å². The summed E-state index contributed by atoms with van der Waals surface area (Å²) in [6.45, 7) is 3.13. The standard InChI is InChI=1S/C9H14O3.K.H2O/c1-7(9(11)12)5-3-4-6-8(2)10;;/h4,6-7H,3,5H2,1-2H3,(H,11,12);;1H2/q;+1;/p-1. The van der Waals surface area contributed by atoms with Gasteiger partial charge < -0.3 is 10.6 Å². The van der Waals surface area contributed by atoms with E-state index in [0.717, 1.165) is 0 Å². The average molecular weight is 226 g/mol. The molecule has 0 bridgehead atoms. The second kappa shape index (κ2) is 11.6. The molecule has 0 aliphatic rings. The maximum Gasteiger partial charge on any atom is 1.00 e. The molecule has 0 amide bonds. The second-order valence-corrected chi connectivity index (χ2v) is 2.83. The van der Waals surface area contributed by atoms with E-state index in [4.69, 9.17) is 5.11 Å². The second-order valence-electron chi connectivity index (χ2n) is 2.83. The summed E-state index contributed by atoms with van der Waals surface area (Å²) in [4.78, 5) is 20.8. The fourth-order valence-electron chi connectivity index (χ4n) is 0.719. The van der Waals surface area contributed by atoms with Crippen LogP contribution in [0, 0.1) is 5.92 Å². The molecule has 0 spiro atoms. The van der Waals surface area contributed by atoms with Gasteiger partial charge in [-0.15, -0.1) is 0 Å². The van der Waals surface area contributed by atoms with E-state index in [1.807, 2.05) is 0 Å². The van der Waals surface area contributed by atoms with Gasteiger partial charge in [0.05, 0.1) is 5.92 Å². The first-order valence-electron chi connectivity index (χ1n) is 3.94. The van der Waals surface area contributed by atoms with E-state index in [0.29, 0.717) is 12.8 Å². The van der Waals surface area contributed by atoms with E-state index in [1.165, 1.54) is 13.0 Å². The molecule has 4 nitrogen and oxygen atoms in total. The van der Waals surface area contributed by atoms with E-state index < -0.39 is 5.97 Å². The summed E-state index contributed by atoms with van der Waals surface area (Å²) in [5.41, 5.74) is 0. The number of ketones is 1. The quantitative estimate of drug-likeness (QED) is 0.455. The molecule has 0 saturated carbocycles. The Morgan fingerprint density at radius 3 is 2.29 bits per heavy atom. The first-order valence-corrected chi connectivity index (χ1v) is 3.94. The van der Waals surface area contributed by atoms with Gasteiger partial charge in [-0.25, -0.2) is 0 Å². The maximum absolute atomic E-state index is 10.4. The van der Waals surface area contributed by atoms with Crippen LogP contribution in [0.2, 0.25) is 0 Å². The van der Waals surface area contributed by atoms with Crippen molar-refractivity contribution in [1.82, 2.24) is 0 Å². The number of hydrogen-bond acceptors (Lipinski definition) is 3. The van der Waals surface area contributed by atoms with Crippen LogP contribution in [0.1, 0.15) is 26.7 Å². The van der Waals surface area contributed by atoms with Crippen molar-refractivity contribution in [3.8, 4) is 0 Å². The molecule has 0 rings (SSSR count). The van der Waals surface area contributed by atoms with Crippen molar-refractivity contribution in [3.05, 3.63) is 12.2 Å². The van der Waals surface area contributed by atoms with E-state index in [9.17, 15) is 9.59 Å². The molecule has 0 aromatic heterocycles. The van der Waals surface area contributed by atoms with E-state index in [1.54, 1.807) is 13.0 Å². The molecular weight excluding hydrogens is 211 g/mol. The van der Waals surface area contributed by atoms with Crippen LogP contribution in [0.25, 0.3) is 0 Å². The SMILES string of the molecule is CC(=O)C=CCCC(C)C(=O)O.[K+].[OH-]. The summed E-state index contributed by atoms with van der Waals surface area (Å²) in [6, 6.07) is 0. The first-order chi connectivity index (χ1) is 5.54. The summed E-state index contributed by atoms with van der Waals surface area (Å²) in [5.74, 6) is -1.12. The van der Waals surface area contributed by atoms with Crippen molar-refractivity contribution >= 4 is 11.8 Å². The van der Waals surface area contributed by atoms with Gasteiger partial charge in [0, 0.05) is 0 Å². The van der Waals surface area contributed by atoms with Crippen LogP contribution < -0.4 is 51.4 Å². The van der Waals surface area contributed by atoms with Crippen LogP contribution in [-0.4, -0.2) is 22.3 Å². The molecule has 76 valence electrons. The Labute approximate surface area is 126 Å². The number of rotatable bonds is 5. The fraction of sp³-hybridized carbons (Fsp3) is 0.556. The summed E-state index contributed by atoms with van der Waals surface area (Å²) in [5, 5.41) is 8.50. The van der Waals surface area contributed by atoms with Gasteiger partial charge in [-0.05, 0) is 25.8 Å². The van der Waals surface area contributed by atoms with Gasteiger partial charge in [-0.1, -0.05) is 13.0 Å². The van der Waals surface area contributed by atoms with Crippen LogP contribution in [0.5, 0.6) is 0 Å². The number of carbonyl (C=O) groups is 2. The molecule has 1 atom stereocenters. The van der Waals surface area contributed by atoms with E-state index in [-0.39, 0.29) is 68.6 Å². The molecule has 2 N–H and O–H groups in total. The van der Waals surface area contributed by atoms with Crippen molar-refractivity contribution in [2.45, 2.75) is 26.7 Å². The molecule has 5 heteroatoms. The van der Waals surface area contributed by atoms with E-state index in [2.05, 4.69) is 0 Å². The van der Waals surface area contributed by atoms with Crippen LogP contribution in [0.3, 0.4) is 0 Å². The van der Waals surface area contributed by atoms with Crippen molar-refractivity contribution in [2.24, 2.45) is 5.92 Å². The van der Waals surface area contributed by atoms with Gasteiger partial charge in [0.25, 0.3) is 0 Å². The number of carboxylic acids is 1. The van der Waals surface area contributed by atoms with E-state index >= 15 is 0 Å². The third kappa shape index (κ3) is 12.5. The molecule has 0 aromatic carbocycles. The molecule has 0 aromatic rings. The molecule has 14 heavy (non-hydrogen) atoms. The number of carbonyl (C=O) groups excluding carboxylic acids is 1. The Bertz CT molecular complexity index is 201. The summed E-state index contributed by atoms with van der Waals surface area (Å²) >= 11 is 0. The summed E-state index contributed by atoms with van der Waals surface area (Å²) in [7, 11) is 0. The molecule has 0 saturated heterocycles. The number of carboxylic acid groups (broad SMARTS) is 1. The Morgan fingerprint density at radius 1 is 1.43 bits per heavy atom. The molecule has 0 aliphatic carbocycles. The molecule has 1 unspecified atom stereocenters. The first kappa shape index (κ1) is 20.0. The molecule has 0 fully saturated rings. The predicted molar refractivity (Wildman–Crippen MR) is 47.8 cm³/mol. The average Bonchev–Trinajstić information content (AvgIpc) is 1.97. The zero-order valence-electron chi connectivity index (χ0n) is 8.86. The van der Waals surface area contributed by atoms with Crippen molar-refractivity contribution in [3.63, 3.8) is 0 Å². The zero-order valence-corrected chi connectivity index (χ0v) is 12.0. The fourth-order valence-corrected chi connectivity index (χ4v) is 0.719. The Kier molecular flexibility index (Phi) is 16.5. The Balaban J connectivity index is -0.000000605. The number of aliphatic carboxylic acids is 1. The molecule has 0 aliphatic heterocycles. The van der Waals surface area contributed by atoms with Crippen molar-refractivity contribution < 1.29 is 71.6 Å². The van der Waals surface area contributed by atoms with Gasteiger partial charge in [-0.2, -0.15) is 0 Å². The number of allylic oxidation sites excluding steroid dienone is 2. The minimum absolute atomic E-state index is 0. The minimum Gasteiger partial charge on any atom is -0.870 e. The largest absolute Gasteiger partial charge is 1.00 e. The van der Waals surface area contributed by atoms with Crippen LogP contribution >= 0.6 is 0 Å². The van der Waals surface area contributed by atoms with Gasteiger partial charge >= 0.3 is 57.4 Å². The Hall–Kier alpha value is 0.476. The smallest absolute Gasteiger partial charge is 0.870 e. The minimum atomic E-state index is -0.786.